The van der Waals surface area contributed by atoms with Crippen LogP contribution in [0.2, 0.25) is 0 Å². The minimum atomic E-state index is -4.68. The molecule has 1 N–H and O–H groups in total. The zero-order valence-electron chi connectivity index (χ0n) is 15.5. The molecule has 2 nitrogen and oxygen atoms in total. The van der Waals surface area contributed by atoms with Crippen molar-refractivity contribution in [3.05, 3.63) is 88.5 Å². The maximum absolute atomic E-state index is 13.8. The van der Waals surface area contributed by atoms with Crippen LogP contribution >= 0.6 is 0 Å². The summed E-state index contributed by atoms with van der Waals surface area (Å²) in [6.07, 6.45) is -4.68. The first-order valence-electron chi connectivity index (χ1n) is 8.63. The zero-order chi connectivity index (χ0) is 21.3. The van der Waals surface area contributed by atoms with Crippen LogP contribution in [0.25, 0.3) is 11.1 Å². The molecule has 0 unspecified atom stereocenters. The van der Waals surface area contributed by atoms with E-state index in [-0.39, 0.29) is 11.3 Å². The molecule has 0 bridgehead atoms. The molecule has 3 aromatic rings. The molecule has 3 aromatic carbocycles. The predicted molar refractivity (Wildman–Crippen MR) is 101 cm³/mol. The highest BCUT2D eigenvalue weighted by Crippen LogP contribution is 2.40. The monoisotopic (exact) mass is 405 g/mol. The van der Waals surface area contributed by atoms with E-state index in [9.17, 15) is 26.7 Å². The van der Waals surface area contributed by atoms with Crippen molar-refractivity contribution in [3.63, 3.8) is 0 Å². The third-order valence-corrected chi connectivity index (χ3v) is 4.67. The molecular formula is C22H16F5NO. The number of hydrogen-bond acceptors (Lipinski definition) is 1. The lowest BCUT2D eigenvalue weighted by atomic mass is 9.93. The van der Waals surface area contributed by atoms with E-state index in [1.54, 1.807) is 32.0 Å². The van der Waals surface area contributed by atoms with E-state index >= 15 is 0 Å². The van der Waals surface area contributed by atoms with E-state index in [2.05, 4.69) is 5.32 Å². The molecule has 0 aliphatic rings. The van der Waals surface area contributed by atoms with E-state index in [4.69, 9.17) is 0 Å². The minimum absolute atomic E-state index is 0.0337. The average molecular weight is 405 g/mol. The van der Waals surface area contributed by atoms with Crippen molar-refractivity contribution in [1.29, 1.82) is 0 Å². The van der Waals surface area contributed by atoms with Gasteiger partial charge in [-0.3, -0.25) is 4.79 Å². The van der Waals surface area contributed by atoms with Crippen LogP contribution in [0.5, 0.6) is 0 Å². The fourth-order valence-electron chi connectivity index (χ4n) is 3.01. The van der Waals surface area contributed by atoms with Crippen LogP contribution < -0.4 is 5.32 Å². The van der Waals surface area contributed by atoms with Gasteiger partial charge in [0.1, 0.15) is 0 Å². The smallest absolute Gasteiger partial charge is 0.322 e. The van der Waals surface area contributed by atoms with Crippen molar-refractivity contribution in [2.24, 2.45) is 0 Å². The molecule has 0 saturated carbocycles. The third-order valence-electron chi connectivity index (χ3n) is 4.67. The molecule has 7 heteroatoms. The van der Waals surface area contributed by atoms with E-state index in [1.807, 2.05) is 0 Å². The Morgan fingerprint density at radius 1 is 0.897 bits per heavy atom. The Labute approximate surface area is 164 Å². The van der Waals surface area contributed by atoms with Gasteiger partial charge in [0, 0.05) is 5.69 Å². The molecular weight excluding hydrogens is 389 g/mol. The summed E-state index contributed by atoms with van der Waals surface area (Å²) in [5.74, 6) is -3.64. The van der Waals surface area contributed by atoms with Crippen LogP contribution in [0.1, 0.15) is 27.0 Å². The van der Waals surface area contributed by atoms with E-state index < -0.39 is 34.8 Å². The second-order valence-corrected chi connectivity index (χ2v) is 6.56. The number of carbonyl (C=O) groups excluding carboxylic acids is 1. The second-order valence-electron chi connectivity index (χ2n) is 6.56. The molecule has 0 atom stereocenters. The van der Waals surface area contributed by atoms with E-state index in [0.717, 1.165) is 29.8 Å². The lowest BCUT2D eigenvalue weighted by molar-refractivity contribution is -0.137. The summed E-state index contributed by atoms with van der Waals surface area (Å²) in [7, 11) is 0. The molecule has 0 fully saturated rings. The normalized spacial score (nSPS) is 11.4. The Morgan fingerprint density at radius 3 is 2.28 bits per heavy atom. The van der Waals surface area contributed by atoms with Crippen molar-refractivity contribution in [2.45, 2.75) is 20.0 Å². The van der Waals surface area contributed by atoms with Gasteiger partial charge in [-0.2, -0.15) is 13.2 Å². The van der Waals surface area contributed by atoms with Gasteiger partial charge in [0.15, 0.2) is 11.6 Å². The molecule has 0 radical (unpaired) electrons. The number of anilines is 1. The highest BCUT2D eigenvalue weighted by Gasteiger charge is 2.34. The SMILES string of the molecule is Cc1cccc(-c2ccc(NC(=O)c3cccc(F)c3F)cc2C(F)(F)F)c1C. The summed E-state index contributed by atoms with van der Waals surface area (Å²) >= 11 is 0. The number of amides is 1. The van der Waals surface area contributed by atoms with Gasteiger partial charge in [-0.25, -0.2) is 8.78 Å². The lowest BCUT2D eigenvalue weighted by Crippen LogP contribution is -2.16. The number of halogens is 5. The van der Waals surface area contributed by atoms with Crippen LogP contribution in [0, 0.1) is 25.5 Å². The number of carbonyl (C=O) groups is 1. The molecule has 0 aromatic heterocycles. The standard InChI is InChI=1S/C22H16F5NO/c1-12-5-3-6-15(13(12)2)16-10-9-14(11-18(16)22(25,26)27)28-21(29)17-7-4-8-19(23)20(17)24/h3-11H,1-2H3,(H,28,29). The van der Waals surface area contributed by atoms with Crippen LogP contribution in [-0.4, -0.2) is 5.91 Å². The Hall–Kier alpha value is -3.22. The van der Waals surface area contributed by atoms with Crippen molar-refractivity contribution in [2.75, 3.05) is 5.32 Å². The van der Waals surface area contributed by atoms with Crippen LogP contribution in [0.15, 0.2) is 54.6 Å². The van der Waals surface area contributed by atoms with Gasteiger partial charge in [-0.05, 0) is 60.4 Å². The fourth-order valence-corrected chi connectivity index (χ4v) is 3.01. The lowest BCUT2D eigenvalue weighted by Gasteiger charge is -2.17. The summed E-state index contributed by atoms with van der Waals surface area (Å²) in [5.41, 5.74) is 0.215. The first-order valence-corrected chi connectivity index (χ1v) is 8.63. The van der Waals surface area contributed by atoms with Gasteiger partial charge < -0.3 is 5.32 Å². The van der Waals surface area contributed by atoms with Crippen molar-refractivity contribution in [3.8, 4) is 11.1 Å². The number of aryl methyl sites for hydroxylation is 1. The summed E-state index contributed by atoms with van der Waals surface area (Å²) < 4.78 is 68.2. The number of rotatable bonds is 3. The summed E-state index contributed by atoms with van der Waals surface area (Å²) in [6.45, 7) is 3.53. The zero-order valence-corrected chi connectivity index (χ0v) is 15.5. The Kier molecular flexibility index (Phi) is 5.42. The molecule has 0 aliphatic carbocycles. The Balaban J connectivity index is 2.04. The number of alkyl halides is 3. The summed E-state index contributed by atoms with van der Waals surface area (Å²) in [6, 6.07) is 11.4. The first kappa shape index (κ1) is 20.5. The molecule has 29 heavy (non-hydrogen) atoms. The number of benzene rings is 3. The summed E-state index contributed by atoms with van der Waals surface area (Å²) in [5, 5.41) is 2.20. The predicted octanol–water partition coefficient (Wildman–Crippen LogP) is 6.52. The molecule has 0 aliphatic heterocycles. The van der Waals surface area contributed by atoms with Crippen LogP contribution in [0.4, 0.5) is 27.6 Å². The van der Waals surface area contributed by atoms with Gasteiger partial charge in [-0.15, -0.1) is 0 Å². The Morgan fingerprint density at radius 2 is 1.59 bits per heavy atom. The number of hydrogen-bond donors (Lipinski definition) is 1. The van der Waals surface area contributed by atoms with E-state index in [1.165, 1.54) is 12.1 Å². The Bertz CT molecular complexity index is 1090. The second kappa shape index (κ2) is 7.66. The maximum Gasteiger partial charge on any atom is 0.417 e. The molecule has 0 spiro atoms. The highest BCUT2D eigenvalue weighted by molar-refractivity contribution is 6.04. The minimum Gasteiger partial charge on any atom is -0.322 e. The van der Waals surface area contributed by atoms with Gasteiger partial charge in [-0.1, -0.05) is 30.3 Å². The molecule has 0 saturated heterocycles. The van der Waals surface area contributed by atoms with Gasteiger partial charge in [0.05, 0.1) is 11.1 Å². The largest absolute Gasteiger partial charge is 0.417 e. The van der Waals surface area contributed by atoms with Gasteiger partial charge in [0.2, 0.25) is 0 Å². The van der Waals surface area contributed by atoms with Crippen molar-refractivity contribution >= 4 is 11.6 Å². The average Bonchev–Trinajstić information content (AvgIpc) is 2.65. The maximum atomic E-state index is 13.8. The van der Waals surface area contributed by atoms with Crippen molar-refractivity contribution < 1.29 is 26.7 Å². The topological polar surface area (TPSA) is 29.1 Å². The van der Waals surface area contributed by atoms with E-state index in [0.29, 0.717) is 11.1 Å². The quantitative estimate of drug-likeness (QED) is 0.494. The number of nitrogens with one attached hydrogen (secondary N) is 1. The molecule has 150 valence electrons. The molecule has 0 heterocycles. The van der Waals surface area contributed by atoms with Crippen LogP contribution in [0.3, 0.4) is 0 Å². The highest BCUT2D eigenvalue weighted by atomic mass is 19.4. The molecule has 3 rings (SSSR count). The molecule has 1 amide bonds. The first-order chi connectivity index (χ1) is 13.6. The van der Waals surface area contributed by atoms with Gasteiger partial charge >= 0.3 is 6.18 Å². The van der Waals surface area contributed by atoms with Crippen molar-refractivity contribution in [1.82, 2.24) is 0 Å². The summed E-state index contributed by atoms with van der Waals surface area (Å²) in [4.78, 5) is 12.2. The third kappa shape index (κ3) is 4.13. The van der Waals surface area contributed by atoms with Crippen LogP contribution in [-0.2, 0) is 6.18 Å². The van der Waals surface area contributed by atoms with Gasteiger partial charge in [0.25, 0.3) is 5.91 Å². The fraction of sp³-hybridized carbons (Fsp3) is 0.136.